The van der Waals surface area contributed by atoms with Crippen LogP contribution < -0.4 is 10.6 Å². The summed E-state index contributed by atoms with van der Waals surface area (Å²) < 4.78 is 0. The Bertz CT molecular complexity index is 796. The quantitative estimate of drug-likeness (QED) is 0.626. The second-order valence-corrected chi connectivity index (χ2v) is 5.71. The largest absolute Gasteiger partial charge is 0.385 e. The summed E-state index contributed by atoms with van der Waals surface area (Å²) in [5, 5.41) is 17.3. The fraction of sp³-hybridized carbons (Fsp3) is 0.188. The van der Waals surface area contributed by atoms with Gasteiger partial charge in [-0.2, -0.15) is 0 Å². The lowest BCUT2D eigenvalue weighted by Crippen LogP contribution is -2.15. The van der Waals surface area contributed by atoms with Crippen LogP contribution in [0, 0.1) is 10.1 Å². The van der Waals surface area contributed by atoms with Gasteiger partial charge in [0.15, 0.2) is 0 Å². The van der Waals surface area contributed by atoms with E-state index in [9.17, 15) is 14.9 Å². The highest BCUT2D eigenvalue weighted by molar-refractivity contribution is 6.31. The van der Waals surface area contributed by atoms with Crippen LogP contribution >= 0.6 is 24.0 Å². The van der Waals surface area contributed by atoms with Crippen LogP contribution in [0.25, 0.3) is 0 Å². The van der Waals surface area contributed by atoms with Gasteiger partial charge in [-0.25, -0.2) is 0 Å². The molecule has 8 heteroatoms. The summed E-state index contributed by atoms with van der Waals surface area (Å²) in [5.74, 6) is -0.530. The van der Waals surface area contributed by atoms with Crippen LogP contribution in [-0.4, -0.2) is 17.4 Å². The van der Waals surface area contributed by atoms with E-state index in [-0.39, 0.29) is 28.7 Å². The average molecular weight is 368 g/mol. The summed E-state index contributed by atoms with van der Waals surface area (Å²) in [6, 6.07) is 9.56. The Labute approximate surface area is 149 Å². The number of carbonyl (C=O) groups excluding carboxylic acids is 1. The van der Waals surface area contributed by atoms with Crippen LogP contribution in [0.4, 0.5) is 17.1 Å². The van der Waals surface area contributed by atoms with Crippen LogP contribution in [0.15, 0.2) is 36.4 Å². The number of hydrogen-bond acceptors (Lipinski definition) is 4. The van der Waals surface area contributed by atoms with Gasteiger partial charge in [0.05, 0.1) is 4.92 Å². The molecule has 1 heterocycles. The lowest BCUT2D eigenvalue weighted by molar-refractivity contribution is -0.385. The highest BCUT2D eigenvalue weighted by Gasteiger charge is 2.21. The predicted molar refractivity (Wildman–Crippen MR) is 96.6 cm³/mol. The number of nitro benzene ring substituents is 1. The van der Waals surface area contributed by atoms with E-state index in [0.29, 0.717) is 5.69 Å². The average Bonchev–Trinajstić information content (AvgIpc) is 2.54. The number of nitrogens with one attached hydrogen (secondary N) is 2. The van der Waals surface area contributed by atoms with Crippen molar-refractivity contribution in [3.8, 4) is 0 Å². The van der Waals surface area contributed by atoms with Gasteiger partial charge in [-0.15, -0.1) is 12.4 Å². The van der Waals surface area contributed by atoms with Crippen molar-refractivity contribution >= 4 is 47.0 Å². The molecule has 2 N–H and O–H groups in total. The first-order valence-electron chi connectivity index (χ1n) is 7.17. The second-order valence-electron chi connectivity index (χ2n) is 5.27. The van der Waals surface area contributed by atoms with Gasteiger partial charge in [-0.1, -0.05) is 11.6 Å². The van der Waals surface area contributed by atoms with Gasteiger partial charge < -0.3 is 10.6 Å². The molecule has 6 nitrogen and oxygen atoms in total. The Kier molecular flexibility index (Phi) is 5.64. The van der Waals surface area contributed by atoms with Crippen molar-refractivity contribution in [1.82, 2.24) is 0 Å². The third kappa shape index (κ3) is 3.77. The molecule has 0 saturated heterocycles. The van der Waals surface area contributed by atoms with Gasteiger partial charge in [0.2, 0.25) is 0 Å². The maximum atomic E-state index is 12.3. The van der Waals surface area contributed by atoms with E-state index in [1.165, 1.54) is 18.2 Å². The first-order valence-corrected chi connectivity index (χ1v) is 7.54. The second kappa shape index (κ2) is 7.51. The molecule has 0 aromatic heterocycles. The number of hydrogen-bond donors (Lipinski definition) is 2. The number of nitro groups is 1. The molecule has 0 atom stereocenters. The smallest absolute Gasteiger partial charge is 0.283 e. The predicted octanol–water partition coefficient (Wildman–Crippen LogP) is 4.28. The lowest BCUT2D eigenvalue weighted by atomic mass is 10.0. The molecule has 0 fully saturated rings. The monoisotopic (exact) mass is 367 g/mol. The summed E-state index contributed by atoms with van der Waals surface area (Å²) in [6.07, 6.45) is 1.97. The Hall–Kier alpha value is -2.31. The number of nitrogens with zero attached hydrogens (tertiary/aromatic N) is 1. The van der Waals surface area contributed by atoms with E-state index < -0.39 is 10.8 Å². The highest BCUT2D eigenvalue weighted by Crippen LogP contribution is 2.27. The summed E-state index contributed by atoms with van der Waals surface area (Å²) in [4.78, 5) is 22.8. The van der Waals surface area contributed by atoms with Crippen molar-refractivity contribution in [1.29, 1.82) is 0 Å². The van der Waals surface area contributed by atoms with Gasteiger partial charge in [-0.05, 0) is 48.7 Å². The minimum absolute atomic E-state index is 0. The Morgan fingerprint density at radius 2 is 2.04 bits per heavy atom. The van der Waals surface area contributed by atoms with Crippen LogP contribution in [0.3, 0.4) is 0 Å². The highest BCUT2D eigenvalue weighted by atomic mass is 35.5. The molecule has 24 heavy (non-hydrogen) atoms. The molecule has 0 saturated carbocycles. The molecule has 126 valence electrons. The fourth-order valence-corrected chi connectivity index (χ4v) is 2.77. The maximum Gasteiger partial charge on any atom is 0.283 e. The topological polar surface area (TPSA) is 84.3 Å². The molecule has 0 unspecified atom stereocenters. The number of amides is 1. The number of anilines is 2. The normalized spacial score (nSPS) is 12.4. The first kappa shape index (κ1) is 18.0. The number of aryl methyl sites for hydroxylation is 1. The lowest BCUT2D eigenvalue weighted by Gasteiger charge is -2.18. The zero-order valence-corrected chi connectivity index (χ0v) is 14.1. The van der Waals surface area contributed by atoms with Gasteiger partial charge in [0.25, 0.3) is 11.6 Å². The van der Waals surface area contributed by atoms with Crippen molar-refractivity contribution in [3.05, 3.63) is 62.7 Å². The number of benzene rings is 2. The molecule has 0 bridgehead atoms. The fourth-order valence-electron chi connectivity index (χ4n) is 2.60. The third-order valence-corrected chi connectivity index (χ3v) is 3.94. The molecule has 1 aliphatic heterocycles. The molecular formula is C16H15Cl2N3O3. The standard InChI is InChI=1S/C16H14ClN3O3.ClH/c17-11-3-5-13(15(9-11)20(22)23)16(21)19-12-4-6-14-10(8-12)2-1-7-18-14;/h3-6,8-9,18H,1-2,7H2,(H,19,21);1H. The SMILES string of the molecule is Cl.O=C(Nc1ccc2c(c1)CCCN2)c1ccc(Cl)cc1[N+](=O)[O-]. The van der Waals surface area contributed by atoms with Crippen LogP contribution in [-0.2, 0) is 6.42 Å². The number of rotatable bonds is 3. The summed E-state index contributed by atoms with van der Waals surface area (Å²) in [5.41, 5.74) is 2.47. The van der Waals surface area contributed by atoms with E-state index in [1.807, 2.05) is 12.1 Å². The van der Waals surface area contributed by atoms with Crippen molar-refractivity contribution in [2.45, 2.75) is 12.8 Å². The van der Waals surface area contributed by atoms with Gasteiger partial charge in [0, 0.05) is 29.0 Å². The maximum absolute atomic E-state index is 12.3. The summed E-state index contributed by atoms with van der Waals surface area (Å²) >= 11 is 5.76. The van der Waals surface area contributed by atoms with Crippen molar-refractivity contribution in [2.75, 3.05) is 17.2 Å². The van der Waals surface area contributed by atoms with Crippen LogP contribution in [0.5, 0.6) is 0 Å². The summed E-state index contributed by atoms with van der Waals surface area (Å²) in [6.45, 7) is 0.940. The molecular weight excluding hydrogens is 353 g/mol. The van der Waals surface area contributed by atoms with E-state index >= 15 is 0 Å². The van der Waals surface area contributed by atoms with Crippen molar-refractivity contribution < 1.29 is 9.72 Å². The first-order chi connectivity index (χ1) is 11.0. The number of halogens is 2. The van der Waals surface area contributed by atoms with E-state index in [0.717, 1.165) is 30.6 Å². The number of carbonyl (C=O) groups is 1. The van der Waals surface area contributed by atoms with Gasteiger partial charge >= 0.3 is 0 Å². The Balaban J connectivity index is 0.00000208. The third-order valence-electron chi connectivity index (χ3n) is 3.70. The molecule has 0 radical (unpaired) electrons. The van der Waals surface area contributed by atoms with Gasteiger partial charge in [0.1, 0.15) is 5.56 Å². The van der Waals surface area contributed by atoms with Crippen LogP contribution in [0.1, 0.15) is 22.3 Å². The zero-order valence-electron chi connectivity index (χ0n) is 12.5. The molecule has 1 amide bonds. The summed E-state index contributed by atoms with van der Waals surface area (Å²) in [7, 11) is 0. The van der Waals surface area contributed by atoms with Crippen molar-refractivity contribution in [3.63, 3.8) is 0 Å². The van der Waals surface area contributed by atoms with E-state index in [1.54, 1.807) is 6.07 Å². The molecule has 3 rings (SSSR count). The molecule has 2 aromatic carbocycles. The molecule has 0 aliphatic carbocycles. The van der Waals surface area contributed by atoms with Crippen molar-refractivity contribution in [2.24, 2.45) is 0 Å². The van der Waals surface area contributed by atoms with Crippen LogP contribution in [0.2, 0.25) is 5.02 Å². The van der Waals surface area contributed by atoms with E-state index in [4.69, 9.17) is 11.6 Å². The Morgan fingerprint density at radius 3 is 2.79 bits per heavy atom. The van der Waals surface area contributed by atoms with Gasteiger partial charge in [-0.3, -0.25) is 14.9 Å². The minimum atomic E-state index is -0.614. The number of fused-ring (bicyclic) bond motifs is 1. The molecule has 1 aliphatic rings. The zero-order chi connectivity index (χ0) is 16.4. The minimum Gasteiger partial charge on any atom is -0.385 e. The molecule has 2 aromatic rings. The molecule has 0 spiro atoms. The van der Waals surface area contributed by atoms with E-state index in [2.05, 4.69) is 10.6 Å². The Morgan fingerprint density at radius 1 is 1.25 bits per heavy atom.